The first-order chi connectivity index (χ1) is 9.35. The minimum absolute atomic E-state index is 0.401. The second-order valence-electron chi connectivity index (χ2n) is 5.10. The Morgan fingerprint density at radius 2 is 2.10 bits per heavy atom. The third-order valence-electron chi connectivity index (χ3n) is 2.23. The number of rotatable bonds is 4. The summed E-state index contributed by atoms with van der Waals surface area (Å²) in [5.41, 5.74) is 0.745. The highest BCUT2D eigenvalue weighted by molar-refractivity contribution is 5.88. The van der Waals surface area contributed by atoms with Crippen molar-refractivity contribution in [3.05, 3.63) is 18.2 Å². The van der Waals surface area contributed by atoms with Gasteiger partial charge in [0.05, 0.1) is 19.3 Å². The molecular weight excluding hydrogens is 256 g/mol. The molecule has 0 radical (unpaired) electrons. The number of amides is 1. The molecule has 0 bridgehead atoms. The van der Waals surface area contributed by atoms with Gasteiger partial charge in [0.15, 0.2) is 0 Å². The van der Waals surface area contributed by atoms with Crippen molar-refractivity contribution >= 4 is 17.5 Å². The standard InChI is InChI=1S/C15H20N2O3/c1-6-9-16-11-7-8-13(19-5)12(10-11)17-14(18)20-15(2,3)4/h1,7-8,10,16H,9H2,2-5H3,(H,17,18). The molecule has 0 aliphatic carbocycles. The smallest absolute Gasteiger partial charge is 0.412 e. The highest BCUT2D eigenvalue weighted by atomic mass is 16.6. The minimum Gasteiger partial charge on any atom is -0.495 e. The van der Waals surface area contributed by atoms with E-state index >= 15 is 0 Å². The van der Waals surface area contributed by atoms with Crippen molar-refractivity contribution in [2.75, 3.05) is 24.3 Å². The summed E-state index contributed by atoms with van der Waals surface area (Å²) >= 11 is 0. The Kier molecular flexibility index (Phi) is 5.27. The van der Waals surface area contributed by atoms with Gasteiger partial charge in [-0.2, -0.15) is 0 Å². The molecule has 108 valence electrons. The SMILES string of the molecule is C#CCNc1ccc(OC)c(NC(=O)OC(C)(C)C)c1. The Bertz CT molecular complexity index is 513. The van der Waals surface area contributed by atoms with E-state index in [0.717, 1.165) is 5.69 Å². The van der Waals surface area contributed by atoms with Gasteiger partial charge >= 0.3 is 6.09 Å². The van der Waals surface area contributed by atoms with Crippen LogP contribution in [-0.2, 0) is 4.74 Å². The average Bonchev–Trinajstić information content (AvgIpc) is 2.34. The predicted octanol–water partition coefficient (Wildman–Crippen LogP) is 3.09. The van der Waals surface area contributed by atoms with E-state index in [-0.39, 0.29) is 0 Å². The number of nitrogens with one attached hydrogen (secondary N) is 2. The third kappa shape index (κ3) is 5.11. The van der Waals surface area contributed by atoms with Crippen LogP contribution < -0.4 is 15.4 Å². The lowest BCUT2D eigenvalue weighted by molar-refractivity contribution is 0.0635. The largest absolute Gasteiger partial charge is 0.495 e. The molecule has 1 aromatic carbocycles. The number of terminal acetylenes is 1. The fourth-order valence-electron chi connectivity index (χ4n) is 1.48. The molecule has 1 aromatic rings. The second kappa shape index (κ2) is 6.71. The van der Waals surface area contributed by atoms with Gasteiger partial charge in [0, 0.05) is 5.69 Å². The Morgan fingerprint density at radius 3 is 2.65 bits per heavy atom. The van der Waals surface area contributed by atoms with Crippen molar-refractivity contribution in [3.8, 4) is 18.1 Å². The summed E-state index contributed by atoms with van der Waals surface area (Å²) in [5, 5.41) is 5.68. The first-order valence-electron chi connectivity index (χ1n) is 6.21. The van der Waals surface area contributed by atoms with Gasteiger partial charge in [-0.15, -0.1) is 6.42 Å². The van der Waals surface area contributed by atoms with Gasteiger partial charge in [0.1, 0.15) is 11.4 Å². The van der Waals surface area contributed by atoms with Gasteiger partial charge in [-0.3, -0.25) is 5.32 Å². The minimum atomic E-state index is -0.559. The quantitative estimate of drug-likeness (QED) is 0.830. The summed E-state index contributed by atoms with van der Waals surface area (Å²) in [6.07, 6.45) is 4.66. The van der Waals surface area contributed by atoms with Crippen molar-refractivity contribution < 1.29 is 14.3 Å². The summed E-state index contributed by atoms with van der Waals surface area (Å²) in [6.45, 7) is 5.80. The van der Waals surface area contributed by atoms with Gasteiger partial charge < -0.3 is 14.8 Å². The van der Waals surface area contributed by atoms with Crippen LogP contribution in [0.1, 0.15) is 20.8 Å². The molecule has 2 N–H and O–H groups in total. The van der Waals surface area contributed by atoms with Gasteiger partial charge in [-0.25, -0.2) is 4.79 Å². The molecule has 0 aromatic heterocycles. The fraction of sp³-hybridized carbons (Fsp3) is 0.400. The lowest BCUT2D eigenvalue weighted by Crippen LogP contribution is -2.27. The van der Waals surface area contributed by atoms with Crippen LogP contribution in [0.3, 0.4) is 0 Å². The Balaban J connectivity index is 2.86. The average molecular weight is 276 g/mol. The van der Waals surface area contributed by atoms with E-state index in [1.54, 1.807) is 32.9 Å². The second-order valence-corrected chi connectivity index (χ2v) is 5.10. The summed E-state index contributed by atoms with van der Waals surface area (Å²) in [7, 11) is 1.53. The first-order valence-corrected chi connectivity index (χ1v) is 6.21. The zero-order valence-corrected chi connectivity index (χ0v) is 12.2. The number of methoxy groups -OCH3 is 1. The Hall–Kier alpha value is -2.35. The maximum absolute atomic E-state index is 11.8. The normalized spacial score (nSPS) is 10.3. The zero-order chi connectivity index (χ0) is 15.2. The van der Waals surface area contributed by atoms with Crippen LogP contribution in [0.25, 0.3) is 0 Å². The maximum atomic E-state index is 11.8. The highest BCUT2D eigenvalue weighted by Crippen LogP contribution is 2.28. The van der Waals surface area contributed by atoms with E-state index in [0.29, 0.717) is 18.0 Å². The van der Waals surface area contributed by atoms with Gasteiger partial charge in [-0.05, 0) is 39.0 Å². The lowest BCUT2D eigenvalue weighted by atomic mass is 10.2. The van der Waals surface area contributed by atoms with E-state index in [4.69, 9.17) is 15.9 Å². The van der Waals surface area contributed by atoms with Crippen molar-refractivity contribution in [3.63, 3.8) is 0 Å². The number of carbonyl (C=O) groups excluding carboxylic acids is 1. The van der Waals surface area contributed by atoms with Gasteiger partial charge in [0.2, 0.25) is 0 Å². The number of benzene rings is 1. The lowest BCUT2D eigenvalue weighted by Gasteiger charge is -2.20. The maximum Gasteiger partial charge on any atom is 0.412 e. The van der Waals surface area contributed by atoms with Crippen molar-refractivity contribution in [2.24, 2.45) is 0 Å². The molecule has 0 saturated carbocycles. The molecule has 5 heteroatoms. The number of hydrogen-bond acceptors (Lipinski definition) is 4. The van der Waals surface area contributed by atoms with Crippen LogP contribution >= 0.6 is 0 Å². The van der Waals surface area contributed by atoms with E-state index in [9.17, 15) is 4.79 Å². The van der Waals surface area contributed by atoms with Crippen LogP contribution in [0, 0.1) is 12.3 Å². The molecular formula is C15H20N2O3. The fourth-order valence-corrected chi connectivity index (χ4v) is 1.48. The molecule has 0 unspecified atom stereocenters. The summed E-state index contributed by atoms with van der Waals surface area (Å²) in [5.74, 6) is 3.03. The van der Waals surface area contributed by atoms with Crippen molar-refractivity contribution in [1.82, 2.24) is 0 Å². The molecule has 5 nitrogen and oxygen atoms in total. The van der Waals surface area contributed by atoms with E-state index in [1.165, 1.54) is 7.11 Å². The molecule has 0 fully saturated rings. The molecule has 1 rings (SSSR count). The highest BCUT2D eigenvalue weighted by Gasteiger charge is 2.17. The number of ether oxygens (including phenoxy) is 2. The molecule has 0 spiro atoms. The molecule has 0 aliphatic heterocycles. The Morgan fingerprint density at radius 1 is 1.40 bits per heavy atom. The monoisotopic (exact) mass is 276 g/mol. The molecule has 20 heavy (non-hydrogen) atoms. The van der Waals surface area contributed by atoms with Crippen LogP contribution in [0.4, 0.5) is 16.2 Å². The van der Waals surface area contributed by atoms with Gasteiger partial charge in [0.25, 0.3) is 0 Å². The van der Waals surface area contributed by atoms with Gasteiger partial charge in [-0.1, -0.05) is 5.92 Å². The molecule has 0 heterocycles. The van der Waals surface area contributed by atoms with E-state index in [1.807, 2.05) is 6.07 Å². The van der Waals surface area contributed by atoms with Crippen LogP contribution in [-0.4, -0.2) is 25.3 Å². The number of hydrogen-bond donors (Lipinski definition) is 2. The molecule has 0 aliphatic rings. The first kappa shape index (κ1) is 15.7. The van der Waals surface area contributed by atoms with Crippen LogP contribution in [0.5, 0.6) is 5.75 Å². The summed E-state index contributed by atoms with van der Waals surface area (Å²) < 4.78 is 10.4. The topological polar surface area (TPSA) is 59.6 Å². The van der Waals surface area contributed by atoms with Crippen LogP contribution in [0.2, 0.25) is 0 Å². The number of anilines is 2. The van der Waals surface area contributed by atoms with Crippen LogP contribution in [0.15, 0.2) is 18.2 Å². The number of carbonyl (C=O) groups is 1. The molecule has 1 amide bonds. The summed E-state index contributed by atoms with van der Waals surface area (Å²) in [6, 6.07) is 5.29. The zero-order valence-electron chi connectivity index (χ0n) is 12.2. The molecule has 0 saturated heterocycles. The van der Waals surface area contributed by atoms with Crippen molar-refractivity contribution in [2.45, 2.75) is 26.4 Å². The van der Waals surface area contributed by atoms with E-state index < -0.39 is 11.7 Å². The Labute approximate surface area is 119 Å². The summed E-state index contributed by atoms with van der Waals surface area (Å²) in [4.78, 5) is 11.8. The third-order valence-corrected chi connectivity index (χ3v) is 2.23. The predicted molar refractivity (Wildman–Crippen MR) is 80.2 cm³/mol. The molecule has 0 atom stereocenters. The van der Waals surface area contributed by atoms with E-state index in [2.05, 4.69) is 16.6 Å². The van der Waals surface area contributed by atoms with Crippen molar-refractivity contribution in [1.29, 1.82) is 0 Å².